The van der Waals surface area contributed by atoms with Crippen molar-refractivity contribution in [2.75, 3.05) is 26.2 Å². The molecule has 1 aliphatic heterocycles. The number of carbonyl (C=O) groups is 2. The lowest BCUT2D eigenvalue weighted by molar-refractivity contribution is 0.0909. The smallest absolute Gasteiger partial charge is 0.287 e. The molecule has 28 heavy (non-hydrogen) atoms. The highest BCUT2D eigenvalue weighted by molar-refractivity contribution is 7.89. The fraction of sp³-hybridized carbons (Fsp3) is 0.389. The number of hydrogen-bond acceptors (Lipinski definition) is 6. The molecule has 0 unspecified atom stereocenters. The normalized spacial score (nSPS) is 14.8. The third-order valence-corrected chi connectivity index (χ3v) is 6.40. The quantitative estimate of drug-likeness (QED) is 0.660. The molecular weight excluding hydrogens is 384 g/mol. The molecule has 1 saturated heterocycles. The number of amides is 2. The highest BCUT2D eigenvalue weighted by Gasteiger charge is 2.31. The lowest BCUT2D eigenvalue weighted by Crippen LogP contribution is -2.34. The first kappa shape index (κ1) is 20.0. The van der Waals surface area contributed by atoms with E-state index in [9.17, 15) is 18.0 Å². The van der Waals surface area contributed by atoms with E-state index in [-0.39, 0.29) is 35.4 Å². The number of nitrogens with zero attached hydrogens (tertiary/aromatic N) is 2. The third kappa shape index (κ3) is 4.39. The number of aromatic nitrogens is 1. The first-order valence-electron chi connectivity index (χ1n) is 8.96. The predicted molar refractivity (Wildman–Crippen MR) is 100 cm³/mol. The first-order chi connectivity index (χ1) is 13.4. The topological polar surface area (TPSA) is 122 Å². The number of carbonyl (C=O) groups excluding carboxylic acids is 2. The van der Waals surface area contributed by atoms with E-state index in [0.29, 0.717) is 18.7 Å². The molecule has 0 radical (unpaired) electrons. The number of nitrogens with one attached hydrogen (secondary N) is 2. The minimum Gasteiger partial charge on any atom is -0.455 e. The molecule has 2 aromatic heterocycles. The van der Waals surface area contributed by atoms with Crippen LogP contribution in [0.4, 0.5) is 0 Å². The standard InChI is InChI=1S/C18H22N4O5S/c1-13-16(28(25,26)22-9-2-3-10-22)11-15(27-13)18(24)21-8-7-20-17(23)14-5-4-6-19-12-14/h4-6,11-12H,2-3,7-10H2,1H3,(H,20,23)(H,21,24). The Morgan fingerprint density at radius 1 is 1.18 bits per heavy atom. The van der Waals surface area contributed by atoms with Gasteiger partial charge in [-0.05, 0) is 31.9 Å². The number of furan rings is 1. The Balaban J connectivity index is 1.54. The van der Waals surface area contributed by atoms with Crippen LogP contribution in [0.25, 0.3) is 0 Å². The van der Waals surface area contributed by atoms with Gasteiger partial charge in [-0.25, -0.2) is 8.42 Å². The lowest BCUT2D eigenvalue weighted by atomic mass is 10.3. The van der Waals surface area contributed by atoms with Crippen LogP contribution in [0.1, 0.15) is 39.5 Å². The van der Waals surface area contributed by atoms with Crippen molar-refractivity contribution in [1.82, 2.24) is 19.9 Å². The van der Waals surface area contributed by atoms with Gasteiger partial charge in [0.15, 0.2) is 5.76 Å². The summed E-state index contributed by atoms with van der Waals surface area (Å²) in [6, 6.07) is 4.55. The van der Waals surface area contributed by atoms with Gasteiger partial charge < -0.3 is 15.1 Å². The van der Waals surface area contributed by atoms with E-state index in [1.54, 1.807) is 18.3 Å². The first-order valence-corrected chi connectivity index (χ1v) is 10.4. The Bertz CT molecular complexity index is 950. The maximum Gasteiger partial charge on any atom is 0.287 e. The van der Waals surface area contributed by atoms with E-state index in [1.165, 1.54) is 23.5 Å². The molecule has 150 valence electrons. The fourth-order valence-electron chi connectivity index (χ4n) is 2.94. The summed E-state index contributed by atoms with van der Waals surface area (Å²) in [5.74, 6) is -0.729. The molecule has 9 nitrogen and oxygen atoms in total. The summed E-state index contributed by atoms with van der Waals surface area (Å²) in [5.41, 5.74) is 0.423. The minimum absolute atomic E-state index is 0.0180. The van der Waals surface area contributed by atoms with E-state index in [4.69, 9.17) is 4.42 Å². The average Bonchev–Trinajstić information content (AvgIpc) is 3.36. The van der Waals surface area contributed by atoms with Crippen LogP contribution in [0.15, 0.2) is 39.9 Å². The molecule has 2 N–H and O–H groups in total. The summed E-state index contributed by atoms with van der Waals surface area (Å²) in [4.78, 5) is 28.0. The number of pyridine rings is 1. The van der Waals surface area contributed by atoms with Crippen LogP contribution in [0, 0.1) is 6.92 Å². The molecule has 1 fully saturated rings. The van der Waals surface area contributed by atoms with Gasteiger partial charge in [-0.2, -0.15) is 4.31 Å². The van der Waals surface area contributed by atoms with Crippen molar-refractivity contribution < 1.29 is 22.4 Å². The van der Waals surface area contributed by atoms with E-state index < -0.39 is 15.9 Å². The second-order valence-electron chi connectivity index (χ2n) is 6.40. The zero-order valence-electron chi connectivity index (χ0n) is 15.5. The Hall–Kier alpha value is -2.72. The van der Waals surface area contributed by atoms with Gasteiger partial charge in [-0.3, -0.25) is 14.6 Å². The number of aryl methyl sites for hydroxylation is 1. The Morgan fingerprint density at radius 2 is 1.86 bits per heavy atom. The molecule has 0 aromatic carbocycles. The van der Waals surface area contributed by atoms with Crippen molar-refractivity contribution in [2.24, 2.45) is 0 Å². The Labute approximate surface area is 163 Å². The Kier molecular flexibility index (Phi) is 6.10. The van der Waals surface area contributed by atoms with E-state index >= 15 is 0 Å². The van der Waals surface area contributed by atoms with Crippen LogP contribution in [0.5, 0.6) is 0 Å². The Morgan fingerprint density at radius 3 is 2.50 bits per heavy atom. The molecular formula is C18H22N4O5S. The van der Waals surface area contributed by atoms with Crippen molar-refractivity contribution >= 4 is 21.8 Å². The van der Waals surface area contributed by atoms with Gasteiger partial charge in [0.05, 0.1) is 5.56 Å². The second-order valence-corrected chi connectivity index (χ2v) is 8.30. The molecule has 10 heteroatoms. The van der Waals surface area contributed by atoms with Crippen LogP contribution in [-0.4, -0.2) is 55.7 Å². The third-order valence-electron chi connectivity index (χ3n) is 4.40. The predicted octanol–water partition coefficient (Wildman–Crippen LogP) is 0.927. The lowest BCUT2D eigenvalue weighted by Gasteiger charge is -2.14. The van der Waals surface area contributed by atoms with Crippen molar-refractivity contribution in [3.63, 3.8) is 0 Å². The van der Waals surface area contributed by atoms with E-state index in [0.717, 1.165) is 12.8 Å². The summed E-state index contributed by atoms with van der Waals surface area (Å²) in [5, 5.41) is 5.25. The summed E-state index contributed by atoms with van der Waals surface area (Å²) in [6.45, 7) is 2.85. The molecule has 2 aromatic rings. The highest BCUT2D eigenvalue weighted by atomic mass is 32.2. The number of sulfonamides is 1. The van der Waals surface area contributed by atoms with Crippen molar-refractivity contribution in [3.05, 3.63) is 47.7 Å². The van der Waals surface area contributed by atoms with Gasteiger partial charge in [-0.15, -0.1) is 0 Å². The van der Waals surface area contributed by atoms with Gasteiger partial charge >= 0.3 is 0 Å². The largest absolute Gasteiger partial charge is 0.455 e. The van der Waals surface area contributed by atoms with Gasteiger partial charge in [0.2, 0.25) is 10.0 Å². The zero-order chi connectivity index (χ0) is 20.1. The molecule has 0 atom stereocenters. The molecule has 0 bridgehead atoms. The maximum absolute atomic E-state index is 12.6. The van der Waals surface area contributed by atoms with E-state index in [2.05, 4.69) is 15.6 Å². The van der Waals surface area contributed by atoms with Gasteiger partial charge in [0.25, 0.3) is 11.8 Å². The molecule has 0 spiro atoms. The molecule has 0 aliphatic carbocycles. The molecule has 0 saturated carbocycles. The van der Waals surface area contributed by atoms with Crippen molar-refractivity contribution in [2.45, 2.75) is 24.7 Å². The van der Waals surface area contributed by atoms with Crippen LogP contribution in [0.3, 0.4) is 0 Å². The SMILES string of the molecule is Cc1oc(C(=O)NCCNC(=O)c2cccnc2)cc1S(=O)(=O)N1CCCC1. The minimum atomic E-state index is -3.65. The van der Waals surface area contributed by atoms with Crippen LogP contribution >= 0.6 is 0 Å². The summed E-state index contributed by atoms with van der Waals surface area (Å²) in [6.07, 6.45) is 4.67. The fourth-order valence-corrected chi connectivity index (χ4v) is 4.62. The number of hydrogen-bond donors (Lipinski definition) is 2. The summed E-state index contributed by atoms with van der Waals surface area (Å²) >= 11 is 0. The molecule has 3 rings (SSSR count). The number of rotatable bonds is 7. The molecule has 2 amide bonds. The maximum atomic E-state index is 12.6. The van der Waals surface area contributed by atoms with Gasteiger partial charge in [-0.1, -0.05) is 0 Å². The summed E-state index contributed by atoms with van der Waals surface area (Å²) in [7, 11) is -3.65. The van der Waals surface area contributed by atoms with E-state index in [1.807, 2.05) is 0 Å². The summed E-state index contributed by atoms with van der Waals surface area (Å²) < 4.78 is 32.0. The van der Waals surface area contributed by atoms with Gasteiger partial charge in [0, 0.05) is 44.6 Å². The van der Waals surface area contributed by atoms with Crippen molar-refractivity contribution in [1.29, 1.82) is 0 Å². The van der Waals surface area contributed by atoms with Gasteiger partial charge in [0.1, 0.15) is 10.7 Å². The average molecular weight is 406 g/mol. The molecule has 1 aliphatic rings. The molecule has 3 heterocycles. The monoisotopic (exact) mass is 406 g/mol. The van der Waals surface area contributed by atoms with Crippen LogP contribution in [-0.2, 0) is 10.0 Å². The van der Waals surface area contributed by atoms with Crippen LogP contribution < -0.4 is 10.6 Å². The zero-order valence-corrected chi connectivity index (χ0v) is 16.3. The highest BCUT2D eigenvalue weighted by Crippen LogP contribution is 2.26. The van der Waals surface area contributed by atoms with Crippen LogP contribution in [0.2, 0.25) is 0 Å². The van der Waals surface area contributed by atoms with Crippen molar-refractivity contribution in [3.8, 4) is 0 Å². The second kappa shape index (κ2) is 8.53.